The van der Waals surface area contributed by atoms with Gasteiger partial charge in [-0.1, -0.05) is 412 Å². The van der Waals surface area contributed by atoms with Crippen molar-refractivity contribution in [3.63, 3.8) is 0 Å². The van der Waals surface area contributed by atoms with E-state index in [0.717, 1.165) is 46.9 Å². The van der Waals surface area contributed by atoms with Crippen LogP contribution in [0.4, 0.5) is 0 Å². The molecule has 14 aromatic rings. The fourth-order valence-corrected chi connectivity index (χ4v) is 22.7. The van der Waals surface area contributed by atoms with Gasteiger partial charge in [0.05, 0.1) is 5.75 Å². The molecule has 2 aliphatic rings. The van der Waals surface area contributed by atoms with Crippen LogP contribution in [-0.4, -0.2) is 38.0 Å². The zero-order valence-electron chi connectivity index (χ0n) is 56.5. The van der Waals surface area contributed by atoms with Gasteiger partial charge in [0.25, 0.3) is 10.0 Å². The Hall–Kier alpha value is -8.83. The number of piperidine rings is 1. The van der Waals surface area contributed by atoms with E-state index < -0.39 is 41.7 Å². The van der Waals surface area contributed by atoms with Crippen LogP contribution >= 0.6 is 43.3 Å². The Labute approximate surface area is 627 Å². The molecule has 0 bridgehead atoms. The third-order valence-corrected chi connectivity index (χ3v) is 28.3. The molecule has 0 saturated carbocycles. The van der Waals surface area contributed by atoms with E-state index in [0.29, 0.717) is 6.54 Å². The number of halogens is 1. The van der Waals surface area contributed by atoms with Crippen molar-refractivity contribution in [2.24, 2.45) is 4.40 Å². The number of nitrogens with zero attached hydrogens (tertiary/aromatic N) is 2. The summed E-state index contributed by atoms with van der Waals surface area (Å²) in [6.07, 6.45) is 1.99. The van der Waals surface area contributed by atoms with Gasteiger partial charge in [-0.15, -0.1) is 4.40 Å². The third kappa shape index (κ3) is 20.9. The third-order valence-electron chi connectivity index (χ3n) is 17.1. The van der Waals surface area contributed by atoms with Gasteiger partial charge in [-0.05, 0) is 137 Å². The summed E-state index contributed by atoms with van der Waals surface area (Å²) < 4.78 is 27.9. The molecule has 2 heterocycles. The predicted molar refractivity (Wildman–Crippen MR) is 442 cm³/mol. The van der Waals surface area contributed by atoms with Crippen molar-refractivity contribution in [2.75, 3.05) is 18.8 Å². The van der Waals surface area contributed by atoms with Gasteiger partial charge < -0.3 is 4.90 Å². The quantitative estimate of drug-likeness (QED) is 0.0805. The summed E-state index contributed by atoms with van der Waals surface area (Å²) in [7, 11) is -5.10. The molecule has 0 aromatic heterocycles. The molecule has 508 valence electrons. The molecular formula is C91H79ClN2O2P4PdS. The second kappa shape index (κ2) is 39.0. The van der Waals surface area contributed by atoms with Crippen LogP contribution in [0.3, 0.4) is 0 Å². The Morgan fingerprint density at radius 1 is 0.284 bits per heavy atom. The fraction of sp³-hybridized carbons (Fsp3) is 0.0659. The molecule has 0 amide bonds. The maximum absolute atomic E-state index is 11.9. The number of sulfonamides is 1. The Kier molecular flexibility index (Phi) is 28.4. The molecule has 14 aromatic carbocycles. The molecule has 0 N–H and O–H groups in total. The van der Waals surface area contributed by atoms with Crippen molar-refractivity contribution in [3.8, 4) is 11.1 Å². The van der Waals surface area contributed by atoms with Gasteiger partial charge in [0.15, 0.2) is 0 Å². The van der Waals surface area contributed by atoms with Gasteiger partial charge in [-0.25, -0.2) is 8.42 Å². The van der Waals surface area contributed by atoms with Crippen molar-refractivity contribution in [1.29, 1.82) is 0 Å². The average molecular weight is 1530 g/mol. The number of amidine groups is 1. The van der Waals surface area contributed by atoms with Crippen LogP contribution in [0.2, 0.25) is 5.02 Å². The largest absolute Gasteiger partial charge is 0.358 e. The predicted octanol–water partition coefficient (Wildman–Crippen LogP) is 17.7. The molecule has 0 unspecified atom stereocenters. The van der Waals surface area contributed by atoms with Gasteiger partial charge >= 0.3 is 0 Å². The first kappa shape index (κ1) is 74.4. The summed E-state index contributed by atoms with van der Waals surface area (Å²) in [5.74, 6) is 0.901. The number of benzene rings is 14. The van der Waals surface area contributed by atoms with E-state index in [9.17, 15) is 8.42 Å². The molecule has 1 atom stereocenters. The SMILES string of the molecule is O=S1(=O)CCN2CCC[C@@H](c3ccc(-c4ccc(Cl)cc4)cc3)C2=N1.[Pd].c1ccc(P(c2ccccc2)c2ccccc2)cc1.c1ccc(P(c2ccccc2)c2ccccc2)cc1.c1ccc(P(c2ccccc2)c2ccccc2)cc1.c1ccc(P(c2ccccc2)c2ccccc2)cc1. The summed E-state index contributed by atoms with van der Waals surface area (Å²) in [6, 6.07) is 145. The summed E-state index contributed by atoms with van der Waals surface area (Å²) in [4.78, 5) is 2.13. The minimum absolute atomic E-state index is 0. The normalized spacial score (nSPS) is 13.3. The van der Waals surface area contributed by atoms with E-state index in [-0.39, 0.29) is 32.1 Å². The summed E-state index contributed by atoms with van der Waals surface area (Å²) in [6.45, 7) is 1.45. The topological polar surface area (TPSA) is 49.7 Å². The van der Waals surface area contributed by atoms with E-state index in [1.807, 2.05) is 24.3 Å². The first-order chi connectivity index (χ1) is 49.8. The van der Waals surface area contributed by atoms with Gasteiger partial charge in [0.1, 0.15) is 5.84 Å². The second-order valence-electron chi connectivity index (χ2n) is 23.9. The van der Waals surface area contributed by atoms with Crippen LogP contribution in [0.15, 0.2) is 417 Å². The fourth-order valence-electron chi connectivity index (χ4n) is 12.3. The summed E-state index contributed by atoms with van der Waals surface area (Å²) in [5.41, 5.74) is 3.35. The monoisotopic (exact) mass is 1530 g/mol. The Balaban J connectivity index is 0.000000128. The first-order valence-electron chi connectivity index (χ1n) is 34.1. The van der Waals surface area contributed by atoms with Crippen LogP contribution in [0, 0.1) is 0 Å². The molecule has 4 nitrogen and oxygen atoms in total. The van der Waals surface area contributed by atoms with Crippen molar-refractivity contribution in [3.05, 3.63) is 423 Å². The molecule has 1 saturated heterocycles. The Morgan fingerprint density at radius 3 is 0.706 bits per heavy atom. The van der Waals surface area contributed by atoms with Crippen LogP contribution in [-0.2, 0) is 30.4 Å². The zero-order chi connectivity index (χ0) is 69.1. The number of rotatable bonds is 14. The molecule has 1 fully saturated rings. The van der Waals surface area contributed by atoms with Gasteiger partial charge in [-0.3, -0.25) is 0 Å². The molecule has 11 heteroatoms. The van der Waals surface area contributed by atoms with E-state index in [1.165, 1.54) is 63.7 Å². The maximum atomic E-state index is 11.9. The average Bonchev–Trinajstić information content (AvgIpc) is 0.784. The molecule has 0 spiro atoms. The molecule has 0 radical (unpaired) electrons. The minimum atomic E-state index is -3.32. The van der Waals surface area contributed by atoms with Crippen LogP contribution in [0.1, 0.15) is 24.3 Å². The second-order valence-corrected chi connectivity index (χ2v) is 35.0. The van der Waals surface area contributed by atoms with Gasteiger partial charge in [0, 0.05) is 44.5 Å². The molecule has 16 rings (SSSR count). The van der Waals surface area contributed by atoms with E-state index in [2.05, 4.69) is 398 Å². The van der Waals surface area contributed by atoms with Crippen LogP contribution < -0.4 is 63.7 Å². The Bertz CT molecular complexity index is 4000. The Morgan fingerprint density at radius 2 is 0.490 bits per heavy atom. The van der Waals surface area contributed by atoms with E-state index in [1.54, 1.807) is 0 Å². The van der Waals surface area contributed by atoms with E-state index >= 15 is 0 Å². The van der Waals surface area contributed by atoms with Crippen LogP contribution in [0.5, 0.6) is 0 Å². The molecular weight excluding hydrogens is 1450 g/mol. The maximum Gasteiger partial charge on any atom is 0.256 e. The molecule has 102 heavy (non-hydrogen) atoms. The summed E-state index contributed by atoms with van der Waals surface area (Å²) in [5, 5.41) is 17.5. The van der Waals surface area contributed by atoms with Crippen molar-refractivity contribution >= 4 is 123 Å². The molecule has 2 aliphatic heterocycles. The smallest absolute Gasteiger partial charge is 0.256 e. The van der Waals surface area contributed by atoms with Crippen molar-refractivity contribution < 1.29 is 28.8 Å². The van der Waals surface area contributed by atoms with Crippen molar-refractivity contribution in [1.82, 2.24) is 4.90 Å². The van der Waals surface area contributed by atoms with Crippen LogP contribution in [0.25, 0.3) is 11.1 Å². The number of fused-ring (bicyclic) bond motifs is 1. The van der Waals surface area contributed by atoms with Gasteiger partial charge in [-0.2, -0.15) is 0 Å². The number of hydrogen-bond acceptors (Lipinski definition) is 3. The first-order valence-corrected chi connectivity index (χ1v) is 41.4. The summed E-state index contributed by atoms with van der Waals surface area (Å²) >= 11 is 5.95. The number of hydrogen-bond donors (Lipinski definition) is 0. The van der Waals surface area contributed by atoms with E-state index in [4.69, 9.17) is 11.6 Å². The van der Waals surface area contributed by atoms with Gasteiger partial charge in [0.2, 0.25) is 0 Å². The van der Waals surface area contributed by atoms with Crippen molar-refractivity contribution in [2.45, 2.75) is 18.8 Å². The minimum Gasteiger partial charge on any atom is -0.358 e. The standard InChI is InChI=1S/C19H19ClN2O2S.4C18H15P.Pd/c20-17-9-7-15(8-10-17)14-3-5-16(6-4-14)18-2-1-11-22-12-13-25(23,24)21-19(18)22;4*1-4-10-16(11-5-1)19(17-12-6-2-7-13-17)18-14-8-3-9-15-18;/h3-10,18H,1-2,11-13H2;4*1-15H;/t18-;;;;;/m0...../s1. The zero-order valence-corrected chi connectivity index (χ0v) is 63.2. The molecule has 0 aliphatic carbocycles.